The van der Waals surface area contributed by atoms with E-state index in [1.807, 2.05) is 0 Å². The smallest absolute Gasteiger partial charge is 0.269 e. The first kappa shape index (κ1) is 16.5. The van der Waals surface area contributed by atoms with Crippen LogP contribution in [0.3, 0.4) is 0 Å². The molecule has 2 amide bonds. The predicted octanol–water partition coefficient (Wildman–Crippen LogP) is 3.14. The minimum atomic E-state index is -0.425. The maximum Gasteiger partial charge on any atom is 0.269 e. The maximum absolute atomic E-state index is 13.4. The molecule has 4 nitrogen and oxygen atoms in total. The number of halogens is 2. The number of hydrogen-bond acceptors (Lipinski definition) is 3. The Morgan fingerprint density at radius 3 is 2.59 bits per heavy atom. The summed E-state index contributed by atoms with van der Waals surface area (Å²) in [7, 11) is 0. The van der Waals surface area contributed by atoms with Crippen LogP contribution < -0.4 is 10.9 Å². The Balaban J connectivity index is 1.81. The van der Waals surface area contributed by atoms with Gasteiger partial charge in [0.2, 0.25) is 5.91 Å². The molecule has 2 aromatic rings. The Kier molecular flexibility index (Phi) is 5.97. The number of carbonyl (C=O) groups is 2. The zero-order chi connectivity index (χ0) is 15.9. The third-order valence-electron chi connectivity index (χ3n) is 2.60. The van der Waals surface area contributed by atoms with Crippen molar-refractivity contribution in [3.05, 3.63) is 64.4 Å². The molecule has 0 aromatic heterocycles. The molecule has 0 bridgehead atoms. The topological polar surface area (TPSA) is 58.2 Å². The highest BCUT2D eigenvalue weighted by atomic mass is 79.9. The number of nitrogens with one attached hydrogen (secondary N) is 2. The molecule has 0 radical (unpaired) electrons. The van der Waals surface area contributed by atoms with Crippen molar-refractivity contribution in [1.82, 2.24) is 10.9 Å². The highest BCUT2D eigenvalue weighted by Gasteiger charge is 2.09. The molecule has 0 saturated heterocycles. The van der Waals surface area contributed by atoms with Gasteiger partial charge in [-0.2, -0.15) is 0 Å². The molecule has 0 saturated carbocycles. The summed E-state index contributed by atoms with van der Waals surface area (Å²) in [6.45, 7) is 0. The lowest BCUT2D eigenvalue weighted by molar-refractivity contribution is -0.119. The van der Waals surface area contributed by atoms with Crippen LogP contribution in [-0.2, 0) is 4.79 Å². The molecule has 0 aliphatic heterocycles. The Bertz CT molecular complexity index is 697. The Morgan fingerprint density at radius 1 is 1.09 bits per heavy atom. The summed E-state index contributed by atoms with van der Waals surface area (Å²) in [4.78, 5) is 23.9. The lowest BCUT2D eigenvalue weighted by Crippen LogP contribution is -2.42. The average molecular weight is 383 g/mol. The molecule has 0 aliphatic rings. The fourth-order valence-electron chi connectivity index (χ4n) is 1.57. The number of hydrazine groups is 1. The first-order valence-corrected chi connectivity index (χ1v) is 8.06. The quantitative estimate of drug-likeness (QED) is 0.630. The lowest BCUT2D eigenvalue weighted by Gasteiger charge is -2.08. The van der Waals surface area contributed by atoms with E-state index in [1.165, 1.54) is 6.07 Å². The molecule has 0 aliphatic carbocycles. The summed E-state index contributed by atoms with van der Waals surface area (Å²) in [6.07, 6.45) is 0. The first-order chi connectivity index (χ1) is 10.6. The van der Waals surface area contributed by atoms with Gasteiger partial charge < -0.3 is 0 Å². The van der Waals surface area contributed by atoms with Crippen molar-refractivity contribution in [2.24, 2.45) is 0 Å². The second-order valence-electron chi connectivity index (χ2n) is 4.23. The van der Waals surface area contributed by atoms with Gasteiger partial charge in [-0.3, -0.25) is 20.4 Å². The normalized spacial score (nSPS) is 10.1. The van der Waals surface area contributed by atoms with Gasteiger partial charge in [0, 0.05) is 14.9 Å². The van der Waals surface area contributed by atoms with E-state index in [4.69, 9.17) is 0 Å². The third kappa shape index (κ3) is 4.85. The zero-order valence-electron chi connectivity index (χ0n) is 11.3. The SMILES string of the molecule is O=C(CSc1ccccc1F)NNC(=O)c1cccc(Br)c1. The highest BCUT2D eigenvalue weighted by molar-refractivity contribution is 9.10. The van der Waals surface area contributed by atoms with Gasteiger partial charge >= 0.3 is 0 Å². The van der Waals surface area contributed by atoms with Gasteiger partial charge in [0.05, 0.1) is 5.75 Å². The molecule has 2 rings (SSSR count). The van der Waals surface area contributed by atoms with Crippen molar-refractivity contribution in [1.29, 1.82) is 0 Å². The molecule has 114 valence electrons. The lowest BCUT2D eigenvalue weighted by atomic mass is 10.2. The summed E-state index contributed by atoms with van der Waals surface area (Å²) in [5.74, 6) is -1.22. The molecule has 22 heavy (non-hydrogen) atoms. The van der Waals surface area contributed by atoms with Crippen LogP contribution in [0.15, 0.2) is 57.9 Å². The van der Waals surface area contributed by atoms with Crippen LogP contribution in [0.2, 0.25) is 0 Å². The Labute approximate surface area is 139 Å². The van der Waals surface area contributed by atoms with Crippen molar-refractivity contribution in [2.75, 3.05) is 5.75 Å². The summed E-state index contributed by atoms with van der Waals surface area (Å²) in [6, 6.07) is 13.0. The fourth-order valence-corrected chi connectivity index (χ4v) is 2.71. The van der Waals surface area contributed by atoms with Crippen LogP contribution in [0.25, 0.3) is 0 Å². The summed E-state index contributed by atoms with van der Waals surface area (Å²) < 4.78 is 14.2. The van der Waals surface area contributed by atoms with Gasteiger partial charge in [0.25, 0.3) is 5.91 Å². The van der Waals surface area contributed by atoms with Crippen molar-refractivity contribution >= 4 is 39.5 Å². The largest absolute Gasteiger partial charge is 0.272 e. The van der Waals surface area contributed by atoms with Gasteiger partial charge in [0.15, 0.2) is 0 Å². The number of thioether (sulfide) groups is 1. The Hall–Kier alpha value is -1.86. The van der Waals surface area contributed by atoms with E-state index in [-0.39, 0.29) is 11.6 Å². The fraction of sp³-hybridized carbons (Fsp3) is 0.0667. The van der Waals surface area contributed by atoms with Crippen molar-refractivity contribution in [2.45, 2.75) is 4.90 Å². The zero-order valence-corrected chi connectivity index (χ0v) is 13.7. The van der Waals surface area contributed by atoms with E-state index in [2.05, 4.69) is 26.8 Å². The van der Waals surface area contributed by atoms with Crippen LogP contribution >= 0.6 is 27.7 Å². The van der Waals surface area contributed by atoms with Crippen molar-refractivity contribution in [3.8, 4) is 0 Å². The molecular weight excluding hydrogens is 371 g/mol. The van der Waals surface area contributed by atoms with Crippen LogP contribution in [0.5, 0.6) is 0 Å². The molecule has 7 heteroatoms. The second kappa shape index (κ2) is 7.95. The number of rotatable bonds is 4. The number of amides is 2. The maximum atomic E-state index is 13.4. The molecule has 2 aromatic carbocycles. The van der Waals surface area contributed by atoms with Crippen LogP contribution in [0.4, 0.5) is 4.39 Å². The molecule has 0 heterocycles. The van der Waals surface area contributed by atoms with Crippen LogP contribution in [0, 0.1) is 5.82 Å². The predicted molar refractivity (Wildman–Crippen MR) is 86.9 cm³/mol. The minimum Gasteiger partial charge on any atom is -0.272 e. The van der Waals surface area contributed by atoms with E-state index >= 15 is 0 Å². The van der Waals surface area contributed by atoms with E-state index in [0.717, 1.165) is 16.2 Å². The molecule has 0 atom stereocenters. The number of carbonyl (C=O) groups excluding carboxylic acids is 2. The van der Waals surface area contributed by atoms with Gasteiger partial charge in [-0.1, -0.05) is 34.1 Å². The van der Waals surface area contributed by atoms with Gasteiger partial charge in [-0.25, -0.2) is 4.39 Å². The summed E-state index contributed by atoms with van der Waals surface area (Å²) in [5.41, 5.74) is 5.02. The molecule has 2 N–H and O–H groups in total. The van der Waals surface area contributed by atoms with E-state index in [9.17, 15) is 14.0 Å². The molecule has 0 fully saturated rings. The van der Waals surface area contributed by atoms with Gasteiger partial charge in [-0.05, 0) is 30.3 Å². The standard InChI is InChI=1S/C15H12BrFN2O2S/c16-11-5-3-4-10(8-11)15(21)19-18-14(20)9-22-13-7-2-1-6-12(13)17/h1-8H,9H2,(H,18,20)(H,19,21). The third-order valence-corrected chi connectivity index (χ3v) is 4.14. The van der Waals surface area contributed by atoms with Crippen LogP contribution in [0.1, 0.15) is 10.4 Å². The van der Waals surface area contributed by atoms with Crippen LogP contribution in [-0.4, -0.2) is 17.6 Å². The van der Waals surface area contributed by atoms with Crippen molar-refractivity contribution in [3.63, 3.8) is 0 Å². The molecular formula is C15H12BrFN2O2S. The molecule has 0 unspecified atom stereocenters. The van der Waals surface area contributed by atoms with Gasteiger partial charge in [-0.15, -0.1) is 11.8 Å². The monoisotopic (exact) mass is 382 g/mol. The summed E-state index contributed by atoms with van der Waals surface area (Å²) >= 11 is 4.32. The number of hydrogen-bond donors (Lipinski definition) is 2. The highest BCUT2D eigenvalue weighted by Crippen LogP contribution is 2.20. The second-order valence-corrected chi connectivity index (χ2v) is 6.16. The number of benzene rings is 2. The average Bonchev–Trinajstić information content (AvgIpc) is 2.52. The van der Waals surface area contributed by atoms with E-state index in [0.29, 0.717) is 10.5 Å². The summed E-state index contributed by atoms with van der Waals surface area (Å²) in [5, 5.41) is 0. The van der Waals surface area contributed by atoms with E-state index < -0.39 is 11.8 Å². The molecule has 0 spiro atoms. The first-order valence-electron chi connectivity index (χ1n) is 6.28. The Morgan fingerprint density at radius 2 is 1.86 bits per heavy atom. The van der Waals surface area contributed by atoms with E-state index in [1.54, 1.807) is 42.5 Å². The van der Waals surface area contributed by atoms with Crippen molar-refractivity contribution < 1.29 is 14.0 Å². The van der Waals surface area contributed by atoms with Gasteiger partial charge in [0.1, 0.15) is 5.82 Å². The minimum absolute atomic E-state index is 0.000300.